The van der Waals surface area contributed by atoms with Gasteiger partial charge < -0.3 is 9.47 Å². The second-order valence-electron chi connectivity index (χ2n) is 4.05. The van der Waals surface area contributed by atoms with Gasteiger partial charge in [0.2, 0.25) is 0 Å². The minimum Gasteiger partial charge on any atom is -0.490 e. The lowest BCUT2D eigenvalue weighted by Gasteiger charge is -2.39. The van der Waals surface area contributed by atoms with Crippen molar-refractivity contribution in [1.29, 1.82) is 0 Å². The quantitative estimate of drug-likeness (QED) is 0.688. The number of methoxy groups -OCH3 is 1. The van der Waals surface area contributed by atoms with Crippen molar-refractivity contribution in [3.63, 3.8) is 0 Å². The van der Waals surface area contributed by atoms with Crippen LogP contribution in [0.1, 0.15) is 32.1 Å². The molecular formula is C11H16O3. The zero-order chi connectivity index (χ0) is 10.0. The Labute approximate surface area is 84.1 Å². The van der Waals surface area contributed by atoms with Crippen molar-refractivity contribution in [3.8, 4) is 0 Å². The lowest BCUT2D eigenvalue weighted by atomic mass is 9.76. The van der Waals surface area contributed by atoms with Crippen LogP contribution in [-0.4, -0.2) is 25.1 Å². The maximum atomic E-state index is 11.7. The molecule has 1 aliphatic carbocycles. The highest BCUT2D eigenvalue weighted by Gasteiger charge is 2.40. The van der Waals surface area contributed by atoms with Crippen LogP contribution in [0.15, 0.2) is 11.8 Å². The van der Waals surface area contributed by atoms with Gasteiger partial charge in [0.25, 0.3) is 0 Å². The van der Waals surface area contributed by atoms with E-state index in [1.807, 2.05) is 6.08 Å². The Morgan fingerprint density at radius 3 is 2.86 bits per heavy atom. The first-order valence-electron chi connectivity index (χ1n) is 5.17. The van der Waals surface area contributed by atoms with Gasteiger partial charge in [0.1, 0.15) is 0 Å². The number of carbonyl (C=O) groups is 1. The smallest absolute Gasteiger partial charge is 0.199 e. The van der Waals surface area contributed by atoms with Crippen molar-refractivity contribution >= 4 is 5.78 Å². The van der Waals surface area contributed by atoms with Gasteiger partial charge in [0.05, 0.1) is 12.2 Å². The summed E-state index contributed by atoms with van der Waals surface area (Å²) in [5.41, 5.74) is -0.177. The van der Waals surface area contributed by atoms with Crippen molar-refractivity contribution in [1.82, 2.24) is 0 Å². The Morgan fingerprint density at radius 2 is 2.43 bits per heavy atom. The molecule has 0 spiro atoms. The van der Waals surface area contributed by atoms with E-state index >= 15 is 0 Å². The Kier molecular flexibility index (Phi) is 2.59. The average Bonchev–Trinajstić information content (AvgIpc) is 2.63. The lowest BCUT2D eigenvalue weighted by Crippen LogP contribution is -2.41. The van der Waals surface area contributed by atoms with Crippen LogP contribution in [-0.2, 0) is 14.3 Å². The van der Waals surface area contributed by atoms with E-state index in [-0.39, 0.29) is 11.4 Å². The number of hydrogen-bond acceptors (Lipinski definition) is 3. The van der Waals surface area contributed by atoms with Gasteiger partial charge in [0.15, 0.2) is 11.5 Å². The predicted octanol–water partition coefficient (Wildman–Crippen LogP) is 1.82. The third-order valence-corrected chi connectivity index (χ3v) is 3.16. The van der Waals surface area contributed by atoms with Crippen LogP contribution in [0.3, 0.4) is 0 Å². The minimum absolute atomic E-state index is 0.101. The summed E-state index contributed by atoms with van der Waals surface area (Å²) in [4.78, 5) is 11.7. The molecule has 14 heavy (non-hydrogen) atoms. The highest BCUT2D eigenvalue weighted by atomic mass is 16.5. The summed E-state index contributed by atoms with van der Waals surface area (Å²) in [5, 5.41) is 0. The molecule has 0 saturated heterocycles. The maximum absolute atomic E-state index is 11.7. The van der Waals surface area contributed by atoms with Crippen molar-refractivity contribution < 1.29 is 14.3 Å². The number of ketones is 1. The molecule has 3 heteroatoms. The zero-order valence-corrected chi connectivity index (χ0v) is 8.54. The summed E-state index contributed by atoms with van der Waals surface area (Å²) in [5.74, 6) is 0.650. The van der Waals surface area contributed by atoms with Crippen molar-refractivity contribution in [2.24, 2.45) is 0 Å². The second-order valence-corrected chi connectivity index (χ2v) is 4.05. The molecule has 2 rings (SSSR count). The first-order chi connectivity index (χ1) is 6.76. The van der Waals surface area contributed by atoms with Gasteiger partial charge in [-0.05, 0) is 25.3 Å². The van der Waals surface area contributed by atoms with Crippen molar-refractivity contribution in [2.75, 3.05) is 13.7 Å². The van der Waals surface area contributed by atoms with Crippen molar-refractivity contribution in [3.05, 3.63) is 11.8 Å². The highest BCUT2D eigenvalue weighted by molar-refractivity contribution is 5.94. The summed E-state index contributed by atoms with van der Waals surface area (Å²) in [6.07, 6.45) is 6.40. The minimum atomic E-state index is -0.177. The molecule has 2 aliphatic rings. The van der Waals surface area contributed by atoms with Gasteiger partial charge in [-0.2, -0.15) is 0 Å². The molecule has 0 amide bonds. The lowest BCUT2D eigenvalue weighted by molar-refractivity contribution is -0.131. The van der Waals surface area contributed by atoms with Crippen molar-refractivity contribution in [2.45, 2.75) is 37.7 Å². The van der Waals surface area contributed by atoms with Gasteiger partial charge in [-0.25, -0.2) is 0 Å². The number of hydrogen-bond donors (Lipinski definition) is 0. The van der Waals surface area contributed by atoms with Gasteiger partial charge in [-0.15, -0.1) is 0 Å². The third-order valence-electron chi connectivity index (χ3n) is 3.16. The van der Waals surface area contributed by atoms with E-state index in [1.54, 1.807) is 7.11 Å². The van der Waals surface area contributed by atoms with Crippen LogP contribution in [0, 0.1) is 0 Å². The summed E-state index contributed by atoms with van der Waals surface area (Å²) in [6.45, 7) is 0.654. The molecule has 1 aliphatic heterocycles. The molecule has 0 aromatic carbocycles. The monoisotopic (exact) mass is 196 g/mol. The Hall–Kier alpha value is -0.830. The number of Topliss-reactive ketones (excluding diaryl/α,β-unsaturated/α-hetero) is 1. The van der Waals surface area contributed by atoms with Crippen LogP contribution in [0.2, 0.25) is 0 Å². The van der Waals surface area contributed by atoms with E-state index in [9.17, 15) is 4.79 Å². The van der Waals surface area contributed by atoms with Gasteiger partial charge in [-0.1, -0.05) is 0 Å². The van der Waals surface area contributed by atoms with E-state index in [0.29, 0.717) is 18.8 Å². The molecule has 1 heterocycles. The number of ether oxygens (including phenoxy) is 2. The third kappa shape index (κ3) is 1.69. The fraction of sp³-hybridized carbons (Fsp3) is 0.727. The van der Waals surface area contributed by atoms with E-state index in [2.05, 4.69) is 0 Å². The zero-order valence-electron chi connectivity index (χ0n) is 8.54. The maximum Gasteiger partial charge on any atom is 0.199 e. The SMILES string of the molecule is COC1(CC(=O)C2=CCCO2)CCC1. The fourth-order valence-electron chi connectivity index (χ4n) is 2.02. The molecule has 0 aromatic rings. The Bertz CT molecular complexity index is 258. The first kappa shape index (κ1) is 9.71. The topological polar surface area (TPSA) is 35.5 Å². The second kappa shape index (κ2) is 3.73. The van der Waals surface area contributed by atoms with Gasteiger partial charge in [-0.3, -0.25) is 4.79 Å². The molecule has 0 radical (unpaired) electrons. The average molecular weight is 196 g/mol. The standard InChI is InChI=1S/C11H16O3/c1-13-11(5-3-6-11)8-9(12)10-4-2-7-14-10/h4H,2-3,5-8H2,1H3. The highest BCUT2D eigenvalue weighted by Crippen LogP contribution is 2.39. The molecule has 1 saturated carbocycles. The van der Waals surface area contributed by atoms with Crippen LogP contribution in [0.4, 0.5) is 0 Å². The fourth-order valence-corrected chi connectivity index (χ4v) is 2.02. The molecule has 0 unspecified atom stereocenters. The van der Waals surface area contributed by atoms with Crippen LogP contribution < -0.4 is 0 Å². The van der Waals surface area contributed by atoms with Gasteiger partial charge >= 0.3 is 0 Å². The molecule has 1 fully saturated rings. The summed E-state index contributed by atoms with van der Waals surface area (Å²) >= 11 is 0. The number of rotatable bonds is 4. The Morgan fingerprint density at radius 1 is 1.64 bits per heavy atom. The first-order valence-corrected chi connectivity index (χ1v) is 5.17. The number of carbonyl (C=O) groups excluding carboxylic acids is 1. The molecule has 3 nitrogen and oxygen atoms in total. The van der Waals surface area contributed by atoms with Crippen LogP contribution in [0.5, 0.6) is 0 Å². The Balaban J connectivity index is 1.93. The largest absolute Gasteiger partial charge is 0.490 e. The van der Waals surface area contributed by atoms with Gasteiger partial charge in [0, 0.05) is 20.0 Å². The molecular weight excluding hydrogens is 180 g/mol. The molecule has 0 N–H and O–H groups in total. The molecule has 0 atom stereocenters. The normalized spacial score (nSPS) is 23.6. The van der Waals surface area contributed by atoms with E-state index in [1.165, 1.54) is 6.42 Å². The molecule has 0 bridgehead atoms. The summed E-state index contributed by atoms with van der Waals surface area (Å²) in [7, 11) is 1.69. The number of allylic oxidation sites excluding steroid dienone is 1. The van der Waals surface area contributed by atoms with Crippen LogP contribution >= 0.6 is 0 Å². The summed E-state index contributed by atoms with van der Waals surface area (Å²) in [6, 6.07) is 0. The van der Waals surface area contributed by atoms with E-state index in [4.69, 9.17) is 9.47 Å². The predicted molar refractivity (Wildman–Crippen MR) is 51.9 cm³/mol. The molecule has 78 valence electrons. The van der Waals surface area contributed by atoms with Crippen LogP contribution in [0.25, 0.3) is 0 Å². The van der Waals surface area contributed by atoms with E-state index < -0.39 is 0 Å². The molecule has 0 aromatic heterocycles. The van der Waals surface area contributed by atoms with E-state index in [0.717, 1.165) is 19.3 Å². The summed E-state index contributed by atoms with van der Waals surface area (Å²) < 4.78 is 10.6.